The molecule has 0 spiro atoms. The molecule has 0 saturated carbocycles. The Morgan fingerprint density at radius 1 is 1.23 bits per heavy atom. The minimum atomic E-state index is -4.57. The molecule has 8 heteroatoms. The quantitative estimate of drug-likeness (QED) is 0.837. The van der Waals surface area contributed by atoms with E-state index in [0.717, 1.165) is 18.2 Å². The molecule has 0 aliphatic heterocycles. The lowest BCUT2D eigenvalue weighted by molar-refractivity contribution is -0.137. The molecule has 0 aliphatic carbocycles. The molecule has 22 heavy (non-hydrogen) atoms. The third-order valence-electron chi connectivity index (χ3n) is 2.66. The number of halogens is 3. The molecule has 0 aliphatic rings. The fourth-order valence-corrected chi connectivity index (χ4v) is 2.92. The summed E-state index contributed by atoms with van der Waals surface area (Å²) in [7, 11) is -2.22. The van der Waals surface area contributed by atoms with E-state index < -0.39 is 21.8 Å². The Kier molecular flexibility index (Phi) is 8.65. The van der Waals surface area contributed by atoms with Crippen molar-refractivity contribution in [1.29, 1.82) is 0 Å². The van der Waals surface area contributed by atoms with Gasteiger partial charge in [0.05, 0.1) is 10.5 Å². The maximum absolute atomic E-state index is 12.6. The zero-order valence-corrected chi connectivity index (χ0v) is 14.0. The largest absolute Gasteiger partial charge is 0.416 e. The summed E-state index contributed by atoms with van der Waals surface area (Å²) in [6, 6.07) is 3.32. The molecule has 0 aromatic heterocycles. The molecule has 0 radical (unpaired) electrons. The predicted molar refractivity (Wildman–Crippen MR) is 81.1 cm³/mol. The van der Waals surface area contributed by atoms with E-state index in [4.69, 9.17) is 0 Å². The van der Waals surface area contributed by atoms with Crippen molar-refractivity contribution < 1.29 is 21.6 Å². The maximum atomic E-state index is 12.6. The van der Waals surface area contributed by atoms with Crippen LogP contribution < -0.4 is 10.0 Å². The van der Waals surface area contributed by atoms with E-state index in [2.05, 4.69) is 10.0 Å². The Hall–Kier alpha value is -1.12. The van der Waals surface area contributed by atoms with Crippen LogP contribution in [0, 0.1) is 0 Å². The zero-order valence-electron chi connectivity index (χ0n) is 13.2. The molecule has 128 valence electrons. The minimum absolute atomic E-state index is 0.373. The van der Waals surface area contributed by atoms with Gasteiger partial charge in [0, 0.05) is 6.04 Å². The highest BCUT2D eigenvalue weighted by atomic mass is 32.2. The first-order valence-corrected chi connectivity index (χ1v) is 8.49. The van der Waals surface area contributed by atoms with Crippen molar-refractivity contribution in [2.75, 3.05) is 13.6 Å². The van der Waals surface area contributed by atoms with Gasteiger partial charge in [0.2, 0.25) is 10.0 Å². The molecule has 1 aromatic carbocycles. The second kappa shape index (κ2) is 9.12. The topological polar surface area (TPSA) is 58.2 Å². The lowest BCUT2D eigenvalue weighted by atomic mass is 10.2. The van der Waals surface area contributed by atoms with Gasteiger partial charge in [-0.3, -0.25) is 0 Å². The SMILES string of the molecule is CC.CNCCC(C)NS(=O)(=O)c1cccc(C(F)(F)F)c1. The first-order valence-electron chi connectivity index (χ1n) is 7.01. The van der Waals surface area contributed by atoms with Crippen molar-refractivity contribution in [2.45, 2.75) is 44.3 Å². The van der Waals surface area contributed by atoms with Crippen LogP contribution in [0.3, 0.4) is 0 Å². The van der Waals surface area contributed by atoms with Gasteiger partial charge in [0.15, 0.2) is 0 Å². The maximum Gasteiger partial charge on any atom is 0.416 e. The molecule has 0 fully saturated rings. The van der Waals surface area contributed by atoms with Gasteiger partial charge in [0.1, 0.15) is 0 Å². The highest BCUT2D eigenvalue weighted by Gasteiger charge is 2.31. The molecular weight excluding hydrogens is 317 g/mol. The highest BCUT2D eigenvalue weighted by Crippen LogP contribution is 2.30. The summed E-state index contributed by atoms with van der Waals surface area (Å²) >= 11 is 0. The number of rotatable bonds is 6. The molecule has 0 amide bonds. The summed E-state index contributed by atoms with van der Waals surface area (Å²) in [6.07, 6.45) is -4.03. The van der Waals surface area contributed by atoms with Crippen LogP contribution in [0.25, 0.3) is 0 Å². The molecule has 1 atom stereocenters. The van der Waals surface area contributed by atoms with Gasteiger partial charge in [-0.15, -0.1) is 0 Å². The lowest BCUT2D eigenvalue weighted by Gasteiger charge is -2.15. The van der Waals surface area contributed by atoms with Crippen molar-refractivity contribution in [3.05, 3.63) is 29.8 Å². The van der Waals surface area contributed by atoms with Gasteiger partial charge in [-0.05, 0) is 45.1 Å². The number of benzene rings is 1. The second-order valence-corrected chi connectivity index (χ2v) is 6.15. The van der Waals surface area contributed by atoms with E-state index in [0.29, 0.717) is 19.0 Å². The monoisotopic (exact) mass is 340 g/mol. The number of alkyl halides is 3. The summed E-state index contributed by atoms with van der Waals surface area (Å²) < 4.78 is 64.0. The minimum Gasteiger partial charge on any atom is -0.320 e. The van der Waals surface area contributed by atoms with Gasteiger partial charge in [-0.1, -0.05) is 19.9 Å². The van der Waals surface area contributed by atoms with Gasteiger partial charge < -0.3 is 5.32 Å². The fraction of sp³-hybridized carbons (Fsp3) is 0.571. The van der Waals surface area contributed by atoms with Crippen LogP contribution >= 0.6 is 0 Å². The molecule has 0 saturated heterocycles. The molecular formula is C14H23F3N2O2S. The molecule has 1 unspecified atom stereocenters. The van der Waals surface area contributed by atoms with Crippen LogP contribution in [0.1, 0.15) is 32.8 Å². The summed E-state index contributed by atoms with van der Waals surface area (Å²) in [5, 5.41) is 2.87. The normalized spacial score (nSPS) is 13.2. The van der Waals surface area contributed by atoms with Crippen LogP contribution in [0.2, 0.25) is 0 Å². The van der Waals surface area contributed by atoms with Gasteiger partial charge in [-0.25, -0.2) is 13.1 Å². The van der Waals surface area contributed by atoms with Crippen molar-refractivity contribution in [3.63, 3.8) is 0 Å². The Bertz CT molecular complexity index is 545. The summed E-state index contributed by atoms with van der Waals surface area (Å²) in [6.45, 7) is 6.26. The zero-order chi connectivity index (χ0) is 17.4. The standard InChI is InChI=1S/C12H17F3N2O2S.C2H6/c1-9(6-7-16-2)17-20(18,19)11-5-3-4-10(8-11)12(13,14)15;1-2/h3-5,8-9,16-17H,6-7H2,1-2H3;1-2H3. The van der Waals surface area contributed by atoms with Crippen molar-refractivity contribution in [2.24, 2.45) is 0 Å². The van der Waals surface area contributed by atoms with Crippen LogP contribution in [-0.2, 0) is 16.2 Å². The van der Waals surface area contributed by atoms with E-state index in [1.54, 1.807) is 14.0 Å². The lowest BCUT2D eigenvalue weighted by Crippen LogP contribution is -2.34. The van der Waals surface area contributed by atoms with Crippen molar-refractivity contribution in [3.8, 4) is 0 Å². The van der Waals surface area contributed by atoms with E-state index in [9.17, 15) is 21.6 Å². The first kappa shape index (κ1) is 20.9. The van der Waals surface area contributed by atoms with Crippen LogP contribution in [0.4, 0.5) is 13.2 Å². The molecule has 2 N–H and O–H groups in total. The average Bonchev–Trinajstić information content (AvgIpc) is 2.46. The van der Waals surface area contributed by atoms with Crippen LogP contribution in [0.5, 0.6) is 0 Å². The highest BCUT2D eigenvalue weighted by molar-refractivity contribution is 7.89. The fourth-order valence-electron chi connectivity index (χ4n) is 1.59. The average molecular weight is 340 g/mol. The van der Waals surface area contributed by atoms with Gasteiger partial charge >= 0.3 is 6.18 Å². The predicted octanol–water partition coefficient (Wildman–Crippen LogP) is 3.01. The molecule has 0 heterocycles. The molecule has 1 aromatic rings. The molecule has 4 nitrogen and oxygen atoms in total. The summed E-state index contributed by atoms with van der Waals surface area (Å²) in [4.78, 5) is -0.386. The van der Waals surface area contributed by atoms with Gasteiger partial charge in [0.25, 0.3) is 0 Å². The number of nitrogens with one attached hydrogen (secondary N) is 2. The van der Waals surface area contributed by atoms with E-state index in [1.807, 2.05) is 13.8 Å². The van der Waals surface area contributed by atoms with E-state index in [-0.39, 0.29) is 10.9 Å². The summed E-state index contributed by atoms with van der Waals surface area (Å²) in [5.41, 5.74) is -0.983. The van der Waals surface area contributed by atoms with Gasteiger partial charge in [-0.2, -0.15) is 13.2 Å². The summed E-state index contributed by atoms with van der Waals surface area (Å²) in [5.74, 6) is 0. The molecule has 1 rings (SSSR count). The Morgan fingerprint density at radius 2 is 1.82 bits per heavy atom. The van der Waals surface area contributed by atoms with Crippen molar-refractivity contribution in [1.82, 2.24) is 10.0 Å². The number of hydrogen-bond donors (Lipinski definition) is 2. The Balaban J connectivity index is 0.00000211. The number of sulfonamides is 1. The van der Waals surface area contributed by atoms with E-state index in [1.165, 1.54) is 0 Å². The van der Waals surface area contributed by atoms with Crippen LogP contribution in [-0.4, -0.2) is 28.1 Å². The smallest absolute Gasteiger partial charge is 0.320 e. The number of hydrogen-bond acceptors (Lipinski definition) is 3. The van der Waals surface area contributed by atoms with E-state index >= 15 is 0 Å². The Labute approximate surface area is 130 Å². The first-order chi connectivity index (χ1) is 10.2. The Morgan fingerprint density at radius 3 is 2.32 bits per heavy atom. The third kappa shape index (κ3) is 6.76. The second-order valence-electron chi connectivity index (χ2n) is 4.44. The molecule has 0 bridgehead atoms. The van der Waals surface area contributed by atoms with Crippen molar-refractivity contribution >= 4 is 10.0 Å². The third-order valence-corrected chi connectivity index (χ3v) is 4.24. The van der Waals surface area contributed by atoms with Crippen LogP contribution in [0.15, 0.2) is 29.2 Å².